The summed E-state index contributed by atoms with van der Waals surface area (Å²) in [4.78, 5) is 35.7. The predicted octanol–water partition coefficient (Wildman–Crippen LogP) is 0.798. The molecule has 0 aliphatic rings. The topological polar surface area (TPSA) is 137 Å². The van der Waals surface area contributed by atoms with Crippen LogP contribution < -0.4 is 16.4 Å². The van der Waals surface area contributed by atoms with E-state index in [9.17, 15) is 14.4 Å². The lowest BCUT2D eigenvalue weighted by atomic mass is 10.2. The summed E-state index contributed by atoms with van der Waals surface area (Å²) in [6.07, 6.45) is 1.50. The highest BCUT2D eigenvalue weighted by Gasteiger charge is 2.14. The molecule has 6 N–H and O–H groups in total. The third-order valence-corrected chi connectivity index (χ3v) is 2.55. The number of carbonyl (C=O) groups is 3. The van der Waals surface area contributed by atoms with Gasteiger partial charge in [0.25, 0.3) is 0 Å². The van der Waals surface area contributed by atoms with Crippen LogP contribution in [0.4, 0.5) is 10.5 Å². The number of nitrogens with two attached hydrogens (primary N) is 1. The lowest BCUT2D eigenvalue weighted by Gasteiger charge is -2.06. The maximum atomic E-state index is 11.6. The van der Waals surface area contributed by atoms with Crippen molar-refractivity contribution in [3.63, 3.8) is 0 Å². The van der Waals surface area contributed by atoms with Gasteiger partial charge in [0.05, 0.1) is 5.69 Å². The number of amides is 3. The molecule has 8 heteroatoms. The number of aromatic carboxylic acids is 1. The van der Waals surface area contributed by atoms with E-state index < -0.39 is 12.0 Å². The number of hydrogen-bond donors (Lipinski definition) is 5. The van der Waals surface area contributed by atoms with Gasteiger partial charge < -0.3 is 26.5 Å². The first-order chi connectivity index (χ1) is 9.40. The molecule has 8 nitrogen and oxygen atoms in total. The van der Waals surface area contributed by atoms with E-state index in [-0.39, 0.29) is 23.7 Å². The molecule has 0 atom stereocenters. The zero-order valence-corrected chi connectivity index (χ0v) is 11.2. The number of unbranched alkanes of at least 4 members (excludes halogenated alkanes) is 1. The van der Waals surface area contributed by atoms with Crippen molar-refractivity contribution in [2.45, 2.75) is 26.2 Å². The molecule has 0 aromatic carbocycles. The minimum absolute atomic E-state index is 0.0635. The minimum Gasteiger partial charge on any atom is -0.477 e. The monoisotopic (exact) mass is 282 g/mol. The second-order valence-electron chi connectivity index (χ2n) is 4.35. The van der Waals surface area contributed by atoms with E-state index in [2.05, 4.69) is 15.6 Å². The van der Waals surface area contributed by atoms with E-state index in [1.807, 2.05) is 0 Å². The summed E-state index contributed by atoms with van der Waals surface area (Å²) in [6, 6.07) is 1.04. The molecule has 20 heavy (non-hydrogen) atoms. The number of aryl methyl sites for hydroxylation is 1. The molecule has 1 aromatic heterocycles. The second-order valence-corrected chi connectivity index (χ2v) is 4.35. The molecule has 0 unspecified atom stereocenters. The number of carbonyl (C=O) groups excluding carboxylic acids is 2. The van der Waals surface area contributed by atoms with Crippen LogP contribution in [0.5, 0.6) is 0 Å². The average Bonchev–Trinajstić information content (AvgIpc) is 2.69. The van der Waals surface area contributed by atoms with E-state index in [0.717, 1.165) is 0 Å². The van der Waals surface area contributed by atoms with Gasteiger partial charge in [-0.15, -0.1) is 0 Å². The van der Waals surface area contributed by atoms with Crippen molar-refractivity contribution < 1.29 is 19.5 Å². The van der Waals surface area contributed by atoms with E-state index in [4.69, 9.17) is 10.8 Å². The first-order valence-electron chi connectivity index (χ1n) is 6.16. The smallest absolute Gasteiger partial charge is 0.354 e. The highest BCUT2D eigenvalue weighted by atomic mass is 16.4. The Bertz CT molecular complexity index is 510. The molecule has 0 aliphatic carbocycles. The summed E-state index contributed by atoms with van der Waals surface area (Å²) in [6.45, 7) is 2.07. The van der Waals surface area contributed by atoms with E-state index >= 15 is 0 Å². The maximum Gasteiger partial charge on any atom is 0.354 e. The number of aromatic amines is 1. The summed E-state index contributed by atoms with van der Waals surface area (Å²) < 4.78 is 0. The molecule has 0 radical (unpaired) electrons. The predicted molar refractivity (Wildman–Crippen MR) is 72.6 cm³/mol. The van der Waals surface area contributed by atoms with Crippen LogP contribution in [-0.2, 0) is 4.79 Å². The molecular formula is C12H18N4O4. The lowest BCUT2D eigenvalue weighted by Crippen LogP contribution is -2.30. The summed E-state index contributed by atoms with van der Waals surface area (Å²) >= 11 is 0. The number of nitrogens with one attached hydrogen (secondary N) is 3. The highest BCUT2D eigenvalue weighted by Crippen LogP contribution is 2.16. The minimum atomic E-state index is -1.14. The molecule has 1 aromatic rings. The molecule has 1 rings (SSSR count). The van der Waals surface area contributed by atoms with Crippen molar-refractivity contribution in [2.24, 2.45) is 5.73 Å². The van der Waals surface area contributed by atoms with Crippen molar-refractivity contribution >= 4 is 23.6 Å². The second kappa shape index (κ2) is 7.17. The van der Waals surface area contributed by atoms with Crippen molar-refractivity contribution in [1.82, 2.24) is 10.3 Å². The number of primary amides is 1. The lowest BCUT2D eigenvalue weighted by molar-refractivity contribution is -0.118. The highest BCUT2D eigenvalue weighted by molar-refractivity contribution is 5.99. The first-order valence-corrected chi connectivity index (χ1v) is 6.16. The zero-order chi connectivity index (χ0) is 15.1. The third kappa shape index (κ3) is 5.01. The Morgan fingerprint density at radius 2 is 2.05 bits per heavy atom. The van der Waals surface area contributed by atoms with E-state index in [1.165, 1.54) is 6.07 Å². The molecule has 1 heterocycles. The number of anilines is 1. The van der Waals surface area contributed by atoms with Crippen molar-refractivity contribution in [3.8, 4) is 0 Å². The van der Waals surface area contributed by atoms with Crippen molar-refractivity contribution in [3.05, 3.63) is 17.5 Å². The van der Waals surface area contributed by atoms with Gasteiger partial charge in [-0.1, -0.05) is 0 Å². The van der Waals surface area contributed by atoms with Crippen LogP contribution in [-0.4, -0.2) is 34.5 Å². The molecule has 0 fully saturated rings. The molecule has 0 bridgehead atoms. The van der Waals surface area contributed by atoms with Crippen LogP contribution in [0.1, 0.15) is 35.4 Å². The van der Waals surface area contributed by atoms with Crippen LogP contribution in [0.3, 0.4) is 0 Å². The van der Waals surface area contributed by atoms with Crippen molar-refractivity contribution in [2.75, 3.05) is 11.9 Å². The van der Waals surface area contributed by atoms with Crippen molar-refractivity contribution in [1.29, 1.82) is 0 Å². The number of hydrogen-bond acceptors (Lipinski definition) is 3. The largest absolute Gasteiger partial charge is 0.477 e. The molecule has 0 spiro atoms. The fraction of sp³-hybridized carbons (Fsp3) is 0.417. The van der Waals surface area contributed by atoms with Crippen LogP contribution in [0.15, 0.2) is 6.07 Å². The zero-order valence-electron chi connectivity index (χ0n) is 11.2. The Kier molecular flexibility index (Phi) is 5.57. The summed E-state index contributed by atoms with van der Waals surface area (Å²) in [7, 11) is 0. The SMILES string of the molecule is Cc1cc(NC(=O)NCCCCC(N)=O)c(C(=O)O)[nH]1. The van der Waals surface area contributed by atoms with Gasteiger partial charge >= 0.3 is 12.0 Å². The van der Waals surface area contributed by atoms with Gasteiger partial charge in [0.1, 0.15) is 5.69 Å². The van der Waals surface area contributed by atoms with Crippen LogP contribution in [0.2, 0.25) is 0 Å². The molecule has 0 aliphatic heterocycles. The number of carboxylic acids is 1. The Hall–Kier alpha value is -2.51. The third-order valence-electron chi connectivity index (χ3n) is 2.55. The van der Waals surface area contributed by atoms with Gasteiger partial charge in [-0.3, -0.25) is 4.79 Å². The van der Waals surface area contributed by atoms with Crippen LogP contribution >= 0.6 is 0 Å². The average molecular weight is 282 g/mol. The van der Waals surface area contributed by atoms with Gasteiger partial charge in [-0.05, 0) is 25.8 Å². The normalized spacial score (nSPS) is 10.1. The quantitative estimate of drug-likeness (QED) is 0.472. The molecule has 3 amide bonds. The number of carboxylic acid groups (broad SMARTS) is 1. The molecular weight excluding hydrogens is 264 g/mol. The molecule has 110 valence electrons. The summed E-state index contributed by atoms with van der Waals surface area (Å²) in [5.41, 5.74) is 5.77. The fourth-order valence-corrected chi connectivity index (χ4v) is 1.65. The van der Waals surface area contributed by atoms with Gasteiger partial charge in [0.2, 0.25) is 5.91 Å². The van der Waals surface area contributed by atoms with Crippen LogP contribution in [0, 0.1) is 6.92 Å². The molecule has 0 saturated heterocycles. The maximum absolute atomic E-state index is 11.6. The van der Waals surface area contributed by atoms with Gasteiger partial charge in [-0.25, -0.2) is 9.59 Å². The Morgan fingerprint density at radius 3 is 2.65 bits per heavy atom. The first kappa shape index (κ1) is 15.5. The number of urea groups is 1. The van der Waals surface area contributed by atoms with Crippen LogP contribution in [0.25, 0.3) is 0 Å². The van der Waals surface area contributed by atoms with Gasteiger partial charge in [0.15, 0.2) is 0 Å². The standard InChI is InChI=1S/C12H18N4O4/c1-7-6-8(10(15-7)11(18)19)16-12(20)14-5-3-2-4-9(13)17/h6,15H,2-5H2,1H3,(H2,13,17)(H,18,19)(H2,14,16,20). The number of H-pyrrole nitrogens is 1. The van der Waals surface area contributed by atoms with E-state index in [1.54, 1.807) is 6.92 Å². The fourth-order valence-electron chi connectivity index (χ4n) is 1.65. The Morgan fingerprint density at radius 1 is 1.35 bits per heavy atom. The van der Waals surface area contributed by atoms with E-state index in [0.29, 0.717) is 25.1 Å². The molecule has 0 saturated carbocycles. The van der Waals surface area contributed by atoms with Gasteiger partial charge in [0, 0.05) is 18.7 Å². The number of rotatable bonds is 7. The Labute approximate surface area is 115 Å². The number of aromatic nitrogens is 1. The Balaban J connectivity index is 2.39. The summed E-state index contributed by atoms with van der Waals surface area (Å²) in [5, 5.41) is 14.0. The summed E-state index contributed by atoms with van der Waals surface area (Å²) in [5.74, 6) is -1.52. The van der Waals surface area contributed by atoms with Gasteiger partial charge in [-0.2, -0.15) is 0 Å².